The van der Waals surface area contributed by atoms with Crippen LogP contribution >= 0.6 is 11.6 Å². The van der Waals surface area contributed by atoms with Gasteiger partial charge in [0.1, 0.15) is 5.02 Å². The molecule has 0 spiro atoms. The Labute approximate surface area is 163 Å². The fraction of sp³-hybridized carbons (Fsp3) is 0.550. The van der Waals surface area contributed by atoms with Gasteiger partial charge in [0.2, 0.25) is 5.78 Å². The number of nitrogens with one attached hydrogen (secondary N) is 1. The largest absolute Gasteiger partial charge is 0.372 e. The summed E-state index contributed by atoms with van der Waals surface area (Å²) in [7, 11) is 0. The number of rotatable bonds is 4. The molecule has 0 aromatic carbocycles. The fourth-order valence-electron chi connectivity index (χ4n) is 3.96. The summed E-state index contributed by atoms with van der Waals surface area (Å²) in [6.45, 7) is 4.83. The van der Waals surface area contributed by atoms with Crippen molar-refractivity contribution in [2.75, 3.05) is 0 Å². The first-order chi connectivity index (χ1) is 12.9. The van der Waals surface area contributed by atoms with Gasteiger partial charge in [-0.25, -0.2) is 0 Å². The summed E-state index contributed by atoms with van der Waals surface area (Å²) in [4.78, 5) is 20.3. The quantitative estimate of drug-likeness (QED) is 0.853. The molecule has 2 aromatic rings. The lowest BCUT2D eigenvalue weighted by atomic mass is 9.76. The van der Waals surface area contributed by atoms with E-state index in [0.717, 1.165) is 25.7 Å². The third-order valence-electron chi connectivity index (χ3n) is 5.47. The van der Waals surface area contributed by atoms with Gasteiger partial charge >= 0.3 is 0 Å². The molecule has 2 atom stereocenters. The highest BCUT2D eigenvalue weighted by atomic mass is 35.5. The van der Waals surface area contributed by atoms with E-state index in [4.69, 9.17) is 16.3 Å². The molecule has 0 aliphatic heterocycles. The molecule has 1 N–H and O–H groups in total. The van der Waals surface area contributed by atoms with E-state index in [1.807, 2.05) is 18.2 Å². The molecular formula is C20H25ClN4O2. The summed E-state index contributed by atoms with van der Waals surface area (Å²) < 4.78 is 7.33. The zero-order valence-corrected chi connectivity index (χ0v) is 16.5. The Kier molecular flexibility index (Phi) is 4.95. The highest BCUT2D eigenvalue weighted by Gasteiger charge is 2.28. The minimum atomic E-state index is -0.359. The van der Waals surface area contributed by atoms with Crippen molar-refractivity contribution in [3.05, 3.63) is 51.2 Å². The van der Waals surface area contributed by atoms with Gasteiger partial charge in [0.15, 0.2) is 5.82 Å². The molecule has 0 bridgehead atoms. The number of hydrogen-bond acceptors (Lipinski definition) is 4. The fourth-order valence-corrected chi connectivity index (χ4v) is 4.15. The molecule has 2 heterocycles. The molecule has 1 fully saturated rings. The Morgan fingerprint density at radius 1 is 1.41 bits per heavy atom. The molecule has 144 valence electrons. The van der Waals surface area contributed by atoms with Crippen LogP contribution in [-0.4, -0.2) is 25.7 Å². The Hall–Kier alpha value is -1.92. The number of H-pyrrole nitrogens is 1. The van der Waals surface area contributed by atoms with Crippen molar-refractivity contribution in [3.8, 4) is 0 Å². The van der Waals surface area contributed by atoms with Crippen molar-refractivity contribution in [2.24, 2.45) is 5.41 Å². The van der Waals surface area contributed by atoms with Crippen LogP contribution in [0.25, 0.3) is 5.78 Å². The Morgan fingerprint density at radius 3 is 3.00 bits per heavy atom. The van der Waals surface area contributed by atoms with Crippen LogP contribution in [-0.2, 0) is 11.3 Å². The molecule has 1 saturated carbocycles. The van der Waals surface area contributed by atoms with Crippen LogP contribution in [0.2, 0.25) is 5.02 Å². The van der Waals surface area contributed by atoms with Crippen LogP contribution in [0.15, 0.2) is 29.1 Å². The maximum atomic E-state index is 12.6. The van der Waals surface area contributed by atoms with E-state index in [2.05, 4.69) is 35.0 Å². The molecular weight excluding hydrogens is 364 g/mol. The van der Waals surface area contributed by atoms with Gasteiger partial charge in [0, 0.05) is 5.92 Å². The minimum absolute atomic E-state index is 0.0747. The second kappa shape index (κ2) is 7.24. The van der Waals surface area contributed by atoms with Gasteiger partial charge in [0.25, 0.3) is 5.56 Å². The first-order valence-corrected chi connectivity index (χ1v) is 9.93. The second-order valence-electron chi connectivity index (χ2n) is 8.28. The van der Waals surface area contributed by atoms with Crippen LogP contribution in [0.1, 0.15) is 63.4 Å². The molecule has 7 heteroatoms. The van der Waals surface area contributed by atoms with Gasteiger partial charge in [-0.3, -0.25) is 4.79 Å². The molecule has 0 radical (unpaired) electrons. The van der Waals surface area contributed by atoms with Crippen LogP contribution in [0, 0.1) is 5.41 Å². The lowest BCUT2D eigenvalue weighted by molar-refractivity contribution is -0.0168. The third kappa shape index (κ3) is 3.87. The first-order valence-electron chi connectivity index (χ1n) is 9.55. The minimum Gasteiger partial charge on any atom is -0.372 e. The molecule has 27 heavy (non-hydrogen) atoms. The van der Waals surface area contributed by atoms with Crippen molar-refractivity contribution < 1.29 is 4.74 Å². The van der Waals surface area contributed by atoms with Gasteiger partial charge in [-0.2, -0.15) is 9.50 Å². The number of aromatic amines is 1. The molecule has 0 amide bonds. The third-order valence-corrected chi connectivity index (χ3v) is 5.86. The molecule has 0 saturated heterocycles. The van der Waals surface area contributed by atoms with E-state index in [1.54, 1.807) is 0 Å². The molecule has 2 aromatic heterocycles. The van der Waals surface area contributed by atoms with Crippen molar-refractivity contribution in [3.63, 3.8) is 0 Å². The van der Waals surface area contributed by atoms with E-state index in [1.165, 1.54) is 10.9 Å². The summed E-state index contributed by atoms with van der Waals surface area (Å²) in [6, 6.07) is 0. The molecule has 4 rings (SSSR count). The van der Waals surface area contributed by atoms with E-state index in [0.29, 0.717) is 22.7 Å². The molecule has 6 nitrogen and oxygen atoms in total. The normalized spacial score (nSPS) is 24.6. The number of halogens is 1. The summed E-state index contributed by atoms with van der Waals surface area (Å²) in [6.07, 6.45) is 13.5. The maximum absolute atomic E-state index is 12.6. The molecule has 2 aliphatic carbocycles. The average Bonchev–Trinajstić information content (AvgIpc) is 3.08. The van der Waals surface area contributed by atoms with Crippen LogP contribution < -0.4 is 5.56 Å². The summed E-state index contributed by atoms with van der Waals surface area (Å²) in [5, 5.41) is 4.48. The summed E-state index contributed by atoms with van der Waals surface area (Å²) in [5.74, 6) is 1.10. The second-order valence-corrected chi connectivity index (χ2v) is 8.65. The standard InChI is InChI=1S/C20H25ClN4O2/c1-20(2)10-6-9-14(11-20)27-12-15-16(21)18(26)25-19(22-15)23-17(24-25)13-7-4-3-5-8-13/h3-5,7,13-14H,6,8-12H2,1-2H3,(H,22,23,24). The monoisotopic (exact) mass is 388 g/mol. The smallest absolute Gasteiger partial charge is 0.294 e. The highest BCUT2D eigenvalue weighted by Crippen LogP contribution is 2.36. The number of nitrogens with zero attached hydrogens (tertiary/aromatic N) is 3. The van der Waals surface area contributed by atoms with Gasteiger partial charge in [-0.15, -0.1) is 5.10 Å². The SMILES string of the molecule is CC1(C)CCCC(OCc2[nH]c3nc(C4C=CC=CC4)nn3c(=O)c2Cl)C1. The molecule has 2 unspecified atom stereocenters. The van der Waals surface area contributed by atoms with Crippen LogP contribution in [0.3, 0.4) is 0 Å². The number of fused-ring (bicyclic) bond motifs is 1. The van der Waals surface area contributed by atoms with E-state index >= 15 is 0 Å². The van der Waals surface area contributed by atoms with Crippen molar-refractivity contribution >= 4 is 17.4 Å². The lowest BCUT2D eigenvalue weighted by Crippen LogP contribution is -2.28. The highest BCUT2D eigenvalue weighted by molar-refractivity contribution is 6.31. The van der Waals surface area contributed by atoms with Gasteiger partial charge in [0.05, 0.1) is 18.4 Å². The van der Waals surface area contributed by atoms with E-state index in [-0.39, 0.29) is 29.2 Å². The molecule has 2 aliphatic rings. The number of aromatic nitrogens is 4. The van der Waals surface area contributed by atoms with Crippen molar-refractivity contribution in [1.82, 2.24) is 19.6 Å². The Morgan fingerprint density at radius 2 is 2.26 bits per heavy atom. The van der Waals surface area contributed by atoms with Gasteiger partial charge < -0.3 is 9.72 Å². The maximum Gasteiger partial charge on any atom is 0.294 e. The zero-order chi connectivity index (χ0) is 19.0. The Balaban J connectivity index is 1.56. The predicted octanol–water partition coefficient (Wildman–Crippen LogP) is 4.16. The lowest BCUT2D eigenvalue weighted by Gasteiger charge is -2.35. The average molecular weight is 389 g/mol. The van der Waals surface area contributed by atoms with Crippen molar-refractivity contribution in [2.45, 2.75) is 64.6 Å². The number of allylic oxidation sites excluding steroid dienone is 4. The van der Waals surface area contributed by atoms with Gasteiger partial charge in [-0.1, -0.05) is 56.2 Å². The van der Waals surface area contributed by atoms with E-state index in [9.17, 15) is 4.79 Å². The van der Waals surface area contributed by atoms with Crippen LogP contribution in [0.5, 0.6) is 0 Å². The topological polar surface area (TPSA) is 72.3 Å². The van der Waals surface area contributed by atoms with Crippen molar-refractivity contribution in [1.29, 1.82) is 0 Å². The first kappa shape index (κ1) is 18.4. The predicted molar refractivity (Wildman–Crippen MR) is 105 cm³/mol. The summed E-state index contributed by atoms with van der Waals surface area (Å²) >= 11 is 6.30. The Bertz CT molecular complexity index is 957. The number of hydrogen-bond donors (Lipinski definition) is 1. The number of ether oxygens (including phenoxy) is 1. The summed E-state index contributed by atoms with van der Waals surface area (Å²) in [5.41, 5.74) is 0.506. The van der Waals surface area contributed by atoms with E-state index < -0.39 is 0 Å². The zero-order valence-electron chi connectivity index (χ0n) is 15.7. The van der Waals surface area contributed by atoms with Crippen LogP contribution in [0.4, 0.5) is 0 Å². The van der Waals surface area contributed by atoms with Gasteiger partial charge in [-0.05, 0) is 31.1 Å².